The Kier molecular flexibility index (Phi) is 2.36. The van der Waals surface area contributed by atoms with E-state index in [1.807, 2.05) is 13.8 Å². The van der Waals surface area contributed by atoms with Gasteiger partial charge in [-0.1, -0.05) is 0 Å². The molecule has 0 radical (unpaired) electrons. The molecule has 1 aliphatic rings. The van der Waals surface area contributed by atoms with Crippen molar-refractivity contribution >= 4 is 0 Å². The molecule has 1 aliphatic heterocycles. The average molecular weight is 180 g/mol. The molecular formula is C10H16N2O. The van der Waals surface area contributed by atoms with Crippen LogP contribution < -0.4 is 5.32 Å². The molecular weight excluding hydrogens is 164 g/mol. The summed E-state index contributed by atoms with van der Waals surface area (Å²) < 4.78 is 5.39. The third-order valence-corrected chi connectivity index (χ3v) is 2.64. The largest absolute Gasteiger partial charge is 0.446 e. The van der Waals surface area contributed by atoms with Crippen molar-refractivity contribution < 1.29 is 4.42 Å². The Bertz CT molecular complexity index is 287. The van der Waals surface area contributed by atoms with Crippen LogP contribution in [0, 0.1) is 19.8 Å². The lowest BCUT2D eigenvalue weighted by Crippen LogP contribution is -2.11. The van der Waals surface area contributed by atoms with Crippen LogP contribution in [-0.4, -0.2) is 18.1 Å². The summed E-state index contributed by atoms with van der Waals surface area (Å²) in [5.74, 6) is 2.53. The summed E-state index contributed by atoms with van der Waals surface area (Å²) in [5.41, 5.74) is 1.14. The van der Waals surface area contributed by atoms with E-state index in [1.54, 1.807) is 0 Å². The molecule has 72 valence electrons. The zero-order valence-electron chi connectivity index (χ0n) is 8.26. The summed E-state index contributed by atoms with van der Waals surface area (Å²) in [5, 5.41) is 3.36. The van der Waals surface area contributed by atoms with Gasteiger partial charge in [0.15, 0.2) is 5.89 Å². The predicted molar refractivity (Wildman–Crippen MR) is 50.7 cm³/mol. The molecule has 3 nitrogen and oxygen atoms in total. The van der Waals surface area contributed by atoms with E-state index in [4.69, 9.17) is 4.42 Å². The molecule has 0 saturated carbocycles. The molecule has 0 bridgehead atoms. The minimum Gasteiger partial charge on any atom is -0.446 e. The Balaban J connectivity index is 2.03. The van der Waals surface area contributed by atoms with Crippen molar-refractivity contribution in [2.75, 3.05) is 13.1 Å². The molecule has 0 spiro atoms. The van der Waals surface area contributed by atoms with Gasteiger partial charge >= 0.3 is 0 Å². The van der Waals surface area contributed by atoms with Gasteiger partial charge in [0, 0.05) is 6.92 Å². The molecule has 1 aromatic rings. The van der Waals surface area contributed by atoms with Gasteiger partial charge in [-0.15, -0.1) is 0 Å². The maximum Gasteiger partial charge on any atom is 0.191 e. The second-order valence-corrected chi connectivity index (χ2v) is 3.80. The Morgan fingerprint density at radius 3 is 2.92 bits per heavy atom. The van der Waals surface area contributed by atoms with Gasteiger partial charge in [0.25, 0.3) is 0 Å². The summed E-state index contributed by atoms with van der Waals surface area (Å²) in [4.78, 5) is 4.38. The fourth-order valence-corrected chi connectivity index (χ4v) is 1.92. The van der Waals surface area contributed by atoms with Crippen LogP contribution in [0.25, 0.3) is 0 Å². The first-order valence-corrected chi connectivity index (χ1v) is 4.89. The molecule has 1 aromatic heterocycles. The van der Waals surface area contributed by atoms with Crippen LogP contribution in [-0.2, 0) is 6.42 Å². The van der Waals surface area contributed by atoms with Crippen molar-refractivity contribution in [3.05, 3.63) is 17.3 Å². The number of aromatic nitrogens is 1. The fraction of sp³-hybridized carbons (Fsp3) is 0.700. The first-order chi connectivity index (χ1) is 6.25. The molecule has 13 heavy (non-hydrogen) atoms. The van der Waals surface area contributed by atoms with Crippen LogP contribution in [0.15, 0.2) is 4.42 Å². The molecule has 3 heteroatoms. The number of hydrogen-bond acceptors (Lipinski definition) is 3. The molecule has 2 heterocycles. The molecule has 0 aliphatic carbocycles. The van der Waals surface area contributed by atoms with Gasteiger partial charge in [0.2, 0.25) is 0 Å². The van der Waals surface area contributed by atoms with Gasteiger partial charge in [-0.3, -0.25) is 0 Å². The van der Waals surface area contributed by atoms with Crippen molar-refractivity contribution in [3.8, 4) is 0 Å². The summed E-state index contributed by atoms with van der Waals surface area (Å²) >= 11 is 0. The lowest BCUT2D eigenvalue weighted by molar-refractivity contribution is 0.489. The van der Waals surface area contributed by atoms with Crippen molar-refractivity contribution in [3.63, 3.8) is 0 Å². The van der Waals surface area contributed by atoms with Gasteiger partial charge in [-0.2, -0.15) is 0 Å². The average Bonchev–Trinajstić information content (AvgIpc) is 2.63. The number of nitrogens with zero attached hydrogens (tertiary/aromatic N) is 1. The third kappa shape index (κ3) is 1.91. The Hall–Kier alpha value is -0.830. The van der Waals surface area contributed by atoms with Gasteiger partial charge in [0.1, 0.15) is 5.76 Å². The van der Waals surface area contributed by atoms with Crippen LogP contribution in [0.2, 0.25) is 0 Å². The van der Waals surface area contributed by atoms with E-state index < -0.39 is 0 Å². The Morgan fingerprint density at radius 1 is 1.54 bits per heavy atom. The normalized spacial score (nSPS) is 22.5. The Morgan fingerprint density at radius 2 is 2.38 bits per heavy atom. The third-order valence-electron chi connectivity index (χ3n) is 2.64. The van der Waals surface area contributed by atoms with Crippen molar-refractivity contribution in [1.82, 2.24) is 10.3 Å². The van der Waals surface area contributed by atoms with E-state index in [-0.39, 0.29) is 0 Å². The van der Waals surface area contributed by atoms with Crippen LogP contribution >= 0.6 is 0 Å². The second-order valence-electron chi connectivity index (χ2n) is 3.80. The van der Waals surface area contributed by atoms with E-state index >= 15 is 0 Å². The molecule has 0 aromatic carbocycles. The van der Waals surface area contributed by atoms with Crippen LogP contribution in [0.5, 0.6) is 0 Å². The number of hydrogen-bond donors (Lipinski definition) is 1. The molecule has 1 fully saturated rings. The van der Waals surface area contributed by atoms with Crippen LogP contribution in [0.1, 0.15) is 23.8 Å². The molecule has 0 amide bonds. The smallest absolute Gasteiger partial charge is 0.191 e. The van der Waals surface area contributed by atoms with Crippen LogP contribution in [0.3, 0.4) is 0 Å². The van der Waals surface area contributed by atoms with E-state index in [0.717, 1.165) is 42.8 Å². The van der Waals surface area contributed by atoms with E-state index in [9.17, 15) is 0 Å². The van der Waals surface area contributed by atoms with Gasteiger partial charge in [-0.05, 0) is 38.8 Å². The summed E-state index contributed by atoms with van der Waals surface area (Å²) in [6, 6.07) is 0. The monoisotopic (exact) mass is 180 g/mol. The molecule has 1 saturated heterocycles. The number of rotatable bonds is 2. The lowest BCUT2D eigenvalue weighted by Gasteiger charge is -2.04. The summed E-state index contributed by atoms with van der Waals surface area (Å²) in [6.45, 7) is 6.19. The molecule has 1 N–H and O–H groups in total. The first-order valence-electron chi connectivity index (χ1n) is 4.89. The van der Waals surface area contributed by atoms with Crippen molar-refractivity contribution in [1.29, 1.82) is 0 Å². The van der Waals surface area contributed by atoms with Crippen LogP contribution in [0.4, 0.5) is 0 Å². The highest BCUT2D eigenvalue weighted by Gasteiger charge is 2.18. The quantitative estimate of drug-likeness (QED) is 0.748. The highest BCUT2D eigenvalue weighted by Crippen LogP contribution is 2.17. The molecule has 1 unspecified atom stereocenters. The minimum atomic E-state index is 0.753. The van der Waals surface area contributed by atoms with E-state index in [2.05, 4.69) is 10.3 Å². The topological polar surface area (TPSA) is 38.1 Å². The maximum absolute atomic E-state index is 5.39. The SMILES string of the molecule is Cc1nc(CC2CCNC2)c(C)o1. The number of nitrogens with one attached hydrogen (secondary N) is 1. The Labute approximate surface area is 78.5 Å². The van der Waals surface area contributed by atoms with Gasteiger partial charge in [-0.25, -0.2) is 4.98 Å². The lowest BCUT2D eigenvalue weighted by atomic mass is 10.0. The molecule has 1 atom stereocenters. The minimum absolute atomic E-state index is 0.753. The van der Waals surface area contributed by atoms with Crippen molar-refractivity contribution in [2.24, 2.45) is 5.92 Å². The maximum atomic E-state index is 5.39. The zero-order valence-corrected chi connectivity index (χ0v) is 8.26. The molecule has 2 rings (SSSR count). The summed E-state index contributed by atoms with van der Waals surface area (Å²) in [7, 11) is 0. The zero-order chi connectivity index (χ0) is 9.26. The number of oxazole rings is 1. The highest BCUT2D eigenvalue weighted by atomic mass is 16.4. The summed E-state index contributed by atoms with van der Waals surface area (Å²) in [6.07, 6.45) is 2.33. The standard InChI is InChI=1S/C10H16N2O/c1-7-10(12-8(2)13-7)5-9-3-4-11-6-9/h9,11H,3-6H2,1-2H3. The highest BCUT2D eigenvalue weighted by molar-refractivity contribution is 5.09. The van der Waals surface area contributed by atoms with E-state index in [1.165, 1.54) is 6.42 Å². The first kappa shape index (κ1) is 8.75. The number of aryl methyl sites for hydroxylation is 2. The van der Waals surface area contributed by atoms with Gasteiger partial charge < -0.3 is 9.73 Å². The second kappa shape index (κ2) is 3.50. The predicted octanol–water partition coefficient (Wildman–Crippen LogP) is 1.44. The van der Waals surface area contributed by atoms with Gasteiger partial charge in [0.05, 0.1) is 5.69 Å². The van der Waals surface area contributed by atoms with E-state index in [0.29, 0.717) is 0 Å². The fourth-order valence-electron chi connectivity index (χ4n) is 1.92. The van der Waals surface area contributed by atoms with Crippen molar-refractivity contribution in [2.45, 2.75) is 26.7 Å².